The lowest BCUT2D eigenvalue weighted by molar-refractivity contribution is -0.116. The molecule has 160 valence electrons. The van der Waals surface area contributed by atoms with Crippen molar-refractivity contribution in [2.24, 2.45) is 5.92 Å². The fourth-order valence-corrected chi connectivity index (χ4v) is 5.57. The quantitative estimate of drug-likeness (QED) is 0.668. The van der Waals surface area contributed by atoms with Crippen LogP contribution < -0.4 is 9.80 Å². The van der Waals surface area contributed by atoms with Gasteiger partial charge in [-0.15, -0.1) is 10.2 Å². The second-order valence-electron chi connectivity index (χ2n) is 9.12. The zero-order valence-electron chi connectivity index (χ0n) is 18.0. The average molecular weight is 426 g/mol. The lowest BCUT2D eigenvalue weighted by Gasteiger charge is -2.35. The Morgan fingerprint density at radius 2 is 1.83 bits per heavy atom. The summed E-state index contributed by atoms with van der Waals surface area (Å²) < 4.78 is 2.31. The highest BCUT2D eigenvalue weighted by atomic mass is 32.2. The van der Waals surface area contributed by atoms with Crippen molar-refractivity contribution >= 4 is 29.3 Å². The first-order valence-electron chi connectivity index (χ1n) is 11.3. The number of fused-ring (bicyclic) bond motifs is 1. The van der Waals surface area contributed by atoms with Crippen molar-refractivity contribution in [2.45, 2.75) is 69.6 Å². The largest absolute Gasteiger partial charge is 0.341 e. The second kappa shape index (κ2) is 8.25. The van der Waals surface area contributed by atoms with Crippen LogP contribution in [0.15, 0.2) is 29.4 Å². The number of aromatic nitrogens is 3. The molecule has 0 bridgehead atoms. The first-order chi connectivity index (χ1) is 14.6. The number of thioether (sulfide) groups is 1. The molecule has 1 atom stereocenters. The fourth-order valence-electron chi connectivity index (χ4n) is 4.71. The maximum Gasteiger partial charge on any atom is 0.237 e. The van der Waals surface area contributed by atoms with Crippen LogP contribution in [0, 0.1) is 5.92 Å². The molecule has 1 aromatic heterocycles. The van der Waals surface area contributed by atoms with Gasteiger partial charge in [-0.3, -0.25) is 9.36 Å². The van der Waals surface area contributed by atoms with Crippen LogP contribution in [0.4, 0.5) is 11.6 Å². The van der Waals surface area contributed by atoms with E-state index in [1.54, 1.807) is 11.8 Å². The Morgan fingerprint density at radius 3 is 2.60 bits per heavy atom. The molecule has 1 aliphatic carbocycles. The Bertz CT molecular complexity index is 916. The summed E-state index contributed by atoms with van der Waals surface area (Å²) in [7, 11) is 0. The minimum absolute atomic E-state index is 0.165. The van der Waals surface area contributed by atoms with Crippen molar-refractivity contribution in [3.8, 4) is 0 Å². The van der Waals surface area contributed by atoms with E-state index in [-0.39, 0.29) is 11.9 Å². The van der Waals surface area contributed by atoms with Gasteiger partial charge in [0.2, 0.25) is 11.9 Å². The molecule has 6 nitrogen and oxygen atoms in total. The summed E-state index contributed by atoms with van der Waals surface area (Å²) in [5.74, 6) is 2.37. The van der Waals surface area contributed by atoms with Crippen molar-refractivity contribution < 1.29 is 4.79 Å². The Labute approximate surface area is 183 Å². The molecule has 1 saturated carbocycles. The number of rotatable bonds is 5. The summed E-state index contributed by atoms with van der Waals surface area (Å²) >= 11 is 1.55. The fraction of sp³-hybridized carbons (Fsp3) is 0.609. The number of carbonyl (C=O) groups is 1. The van der Waals surface area contributed by atoms with E-state index in [2.05, 4.69) is 51.7 Å². The zero-order valence-corrected chi connectivity index (χ0v) is 18.8. The Balaban J connectivity index is 1.32. The number of para-hydroxylation sites is 1. The number of hydrogen-bond donors (Lipinski definition) is 0. The van der Waals surface area contributed by atoms with Crippen LogP contribution in [0.1, 0.15) is 57.6 Å². The van der Waals surface area contributed by atoms with Crippen molar-refractivity contribution in [3.63, 3.8) is 0 Å². The molecular weight excluding hydrogens is 394 g/mol. The molecule has 0 spiro atoms. The second-order valence-corrected chi connectivity index (χ2v) is 10.1. The Hall–Kier alpha value is -2.02. The van der Waals surface area contributed by atoms with Crippen LogP contribution >= 0.6 is 11.8 Å². The van der Waals surface area contributed by atoms with Crippen LogP contribution in [0.25, 0.3) is 0 Å². The molecule has 1 saturated heterocycles. The summed E-state index contributed by atoms with van der Waals surface area (Å²) in [6.45, 7) is 6.59. The Kier molecular flexibility index (Phi) is 5.48. The van der Waals surface area contributed by atoms with Crippen LogP contribution in [0.5, 0.6) is 0 Å². The number of nitrogens with zero attached hydrogens (tertiary/aromatic N) is 5. The molecule has 3 aliphatic rings. The SMILES string of the molecule is CC1CCN(c2nnc(SCC(=O)N3c4ccccc4CCC3C)n2C2CC2)CC1. The topological polar surface area (TPSA) is 54.3 Å². The maximum absolute atomic E-state index is 13.2. The molecule has 5 rings (SSSR count). The molecular formula is C23H31N5OS. The molecule has 0 N–H and O–H groups in total. The average Bonchev–Trinajstić information content (AvgIpc) is 3.51. The molecule has 1 aromatic carbocycles. The molecule has 3 heterocycles. The highest BCUT2D eigenvalue weighted by Gasteiger charge is 2.33. The molecule has 1 amide bonds. The van der Waals surface area contributed by atoms with E-state index in [1.165, 1.54) is 31.2 Å². The lowest BCUT2D eigenvalue weighted by atomic mass is 9.97. The predicted octanol–water partition coefficient (Wildman–Crippen LogP) is 4.31. The van der Waals surface area contributed by atoms with Crippen molar-refractivity contribution in [3.05, 3.63) is 29.8 Å². The van der Waals surface area contributed by atoms with Gasteiger partial charge in [0.05, 0.1) is 5.75 Å². The zero-order chi connectivity index (χ0) is 20.7. The summed E-state index contributed by atoms with van der Waals surface area (Å²) in [6.07, 6.45) is 6.86. The lowest BCUT2D eigenvalue weighted by Crippen LogP contribution is -2.43. The van der Waals surface area contributed by atoms with Crippen molar-refractivity contribution in [2.75, 3.05) is 28.6 Å². The minimum atomic E-state index is 0.165. The minimum Gasteiger partial charge on any atom is -0.341 e. The number of benzene rings is 1. The molecule has 1 unspecified atom stereocenters. The van der Waals surface area contributed by atoms with Crippen LogP contribution in [-0.2, 0) is 11.2 Å². The normalized spacial score (nSPS) is 22.3. The van der Waals surface area contributed by atoms with E-state index in [9.17, 15) is 4.79 Å². The van der Waals surface area contributed by atoms with Gasteiger partial charge in [0.1, 0.15) is 0 Å². The van der Waals surface area contributed by atoms with Crippen molar-refractivity contribution in [1.82, 2.24) is 14.8 Å². The van der Waals surface area contributed by atoms with Crippen LogP contribution in [-0.4, -0.2) is 45.6 Å². The van der Waals surface area contributed by atoms with Gasteiger partial charge >= 0.3 is 0 Å². The van der Waals surface area contributed by atoms with Gasteiger partial charge in [0, 0.05) is 30.9 Å². The Morgan fingerprint density at radius 1 is 1.07 bits per heavy atom. The molecule has 0 radical (unpaired) electrons. The van der Waals surface area contributed by atoms with Gasteiger partial charge in [-0.05, 0) is 63.0 Å². The van der Waals surface area contributed by atoms with E-state index in [0.717, 1.165) is 48.6 Å². The predicted molar refractivity (Wildman–Crippen MR) is 121 cm³/mol. The van der Waals surface area contributed by atoms with Gasteiger partial charge in [-0.1, -0.05) is 36.9 Å². The van der Waals surface area contributed by atoms with Gasteiger partial charge < -0.3 is 9.80 Å². The first kappa shape index (κ1) is 19.9. The van der Waals surface area contributed by atoms with Crippen LogP contribution in [0.2, 0.25) is 0 Å². The van der Waals surface area contributed by atoms with E-state index in [0.29, 0.717) is 11.8 Å². The molecule has 7 heteroatoms. The highest BCUT2D eigenvalue weighted by Crippen LogP contribution is 2.41. The van der Waals surface area contributed by atoms with Crippen molar-refractivity contribution in [1.29, 1.82) is 0 Å². The van der Waals surface area contributed by atoms with Gasteiger partial charge in [0.15, 0.2) is 5.16 Å². The molecule has 2 fully saturated rings. The first-order valence-corrected chi connectivity index (χ1v) is 12.3. The number of anilines is 2. The van der Waals surface area contributed by atoms with Gasteiger partial charge in [0.25, 0.3) is 0 Å². The molecule has 2 aromatic rings. The van der Waals surface area contributed by atoms with E-state index < -0.39 is 0 Å². The summed E-state index contributed by atoms with van der Waals surface area (Å²) in [5.41, 5.74) is 2.35. The molecule has 2 aliphatic heterocycles. The van der Waals surface area contributed by atoms with E-state index in [1.807, 2.05) is 11.0 Å². The number of aryl methyl sites for hydroxylation is 1. The third kappa shape index (κ3) is 3.84. The highest BCUT2D eigenvalue weighted by molar-refractivity contribution is 7.99. The van der Waals surface area contributed by atoms with Gasteiger partial charge in [-0.2, -0.15) is 0 Å². The number of carbonyl (C=O) groups excluding carboxylic acids is 1. The van der Waals surface area contributed by atoms with Crippen LogP contribution in [0.3, 0.4) is 0 Å². The summed E-state index contributed by atoms with van der Waals surface area (Å²) in [6, 6.07) is 9.05. The number of amides is 1. The number of hydrogen-bond acceptors (Lipinski definition) is 5. The third-order valence-corrected chi connectivity index (χ3v) is 7.67. The van der Waals surface area contributed by atoms with E-state index in [4.69, 9.17) is 0 Å². The third-order valence-electron chi connectivity index (χ3n) is 6.74. The molecule has 30 heavy (non-hydrogen) atoms. The monoisotopic (exact) mass is 425 g/mol. The standard InChI is InChI=1S/C23H31N5OS/c1-16-11-13-26(14-12-16)22-24-25-23(28(22)19-9-10-19)30-15-21(29)27-17(2)7-8-18-5-3-4-6-20(18)27/h3-6,16-17,19H,7-15H2,1-2H3. The number of piperidine rings is 1. The smallest absolute Gasteiger partial charge is 0.237 e. The van der Waals surface area contributed by atoms with Gasteiger partial charge in [-0.25, -0.2) is 0 Å². The summed E-state index contributed by atoms with van der Waals surface area (Å²) in [4.78, 5) is 17.6. The maximum atomic E-state index is 13.2. The van der Waals surface area contributed by atoms with E-state index >= 15 is 0 Å². The summed E-state index contributed by atoms with van der Waals surface area (Å²) in [5, 5.41) is 9.98.